The van der Waals surface area contributed by atoms with Crippen molar-refractivity contribution in [3.63, 3.8) is 0 Å². The number of nitrogens with zero attached hydrogens (tertiary/aromatic N) is 3. The molecule has 0 unspecified atom stereocenters. The van der Waals surface area contributed by atoms with E-state index in [2.05, 4.69) is 11.9 Å². The molecule has 4 rings (SSSR count). The largest absolute Gasteiger partial charge is 0.493 e. The fourth-order valence-corrected chi connectivity index (χ4v) is 7.56. The van der Waals surface area contributed by atoms with Crippen LogP contribution < -0.4 is 10.3 Å². The molecule has 0 amide bonds. The molecule has 0 bridgehead atoms. The van der Waals surface area contributed by atoms with E-state index in [9.17, 15) is 22.8 Å². The van der Waals surface area contributed by atoms with Crippen LogP contribution in [0.1, 0.15) is 78.7 Å². The molecule has 3 aromatic rings. The first-order valence-corrected chi connectivity index (χ1v) is 17.7. The zero-order valence-electron chi connectivity index (χ0n) is 27.5. The summed E-state index contributed by atoms with van der Waals surface area (Å²) in [5.74, 6) is -0.208. The number of aromatic amines is 1. The maximum Gasteiger partial charge on any atom is 0.306 e. The number of piperidine rings is 1. The number of benzene rings is 1. The summed E-state index contributed by atoms with van der Waals surface area (Å²) in [6.45, 7) is 11.1. The van der Waals surface area contributed by atoms with Crippen LogP contribution in [0.4, 0.5) is 0 Å². The molecule has 1 aliphatic heterocycles. The maximum absolute atomic E-state index is 14.0. The van der Waals surface area contributed by atoms with Crippen LogP contribution in [-0.2, 0) is 42.1 Å². The molecule has 0 spiro atoms. The molecule has 2 aromatic heterocycles. The summed E-state index contributed by atoms with van der Waals surface area (Å²) in [4.78, 5) is 46.1. The molecule has 0 atom stereocenters. The van der Waals surface area contributed by atoms with E-state index in [4.69, 9.17) is 19.2 Å². The fourth-order valence-electron chi connectivity index (χ4n) is 6.10. The van der Waals surface area contributed by atoms with Crippen molar-refractivity contribution in [1.82, 2.24) is 18.8 Å². The van der Waals surface area contributed by atoms with Gasteiger partial charge in [0.15, 0.2) is 0 Å². The number of carbonyl (C=O) groups excluding carboxylic acids is 2. The molecule has 1 N–H and O–H groups in total. The number of aryl methyl sites for hydroxylation is 2. The quantitative estimate of drug-likeness (QED) is 0.227. The lowest BCUT2D eigenvalue weighted by Crippen LogP contribution is -2.45. The van der Waals surface area contributed by atoms with Crippen molar-refractivity contribution in [1.29, 1.82) is 0 Å². The summed E-state index contributed by atoms with van der Waals surface area (Å²) >= 11 is 0. The third-order valence-corrected chi connectivity index (χ3v) is 10.3. The van der Waals surface area contributed by atoms with E-state index in [-0.39, 0.29) is 68.3 Å². The van der Waals surface area contributed by atoms with Crippen molar-refractivity contribution < 1.29 is 32.2 Å². The van der Waals surface area contributed by atoms with Gasteiger partial charge in [0.2, 0.25) is 10.0 Å². The van der Waals surface area contributed by atoms with Crippen LogP contribution in [0.15, 0.2) is 34.1 Å². The number of nitrogens with one attached hydrogen (secondary N) is 1. The maximum atomic E-state index is 14.0. The second-order valence-electron chi connectivity index (χ2n) is 11.7. The van der Waals surface area contributed by atoms with Gasteiger partial charge in [-0.3, -0.25) is 14.4 Å². The van der Waals surface area contributed by atoms with Gasteiger partial charge in [-0.15, -0.1) is 0 Å². The summed E-state index contributed by atoms with van der Waals surface area (Å²) in [5, 5.41) is 0. The van der Waals surface area contributed by atoms with Crippen molar-refractivity contribution in [2.45, 2.75) is 91.0 Å². The standard InChI is InChI=1S/C33H46N4O8S/c1-6-11-23-22-36(8-3)30-29(23)34-31(35-32(30)40)25-19-24(12-13-26(25)45-18-7-2)46(41,42)37-16-14-33(15-17-37,20-27(38)43-9-4)21-28(39)44-10-5/h12-13,19,22H,6-11,14-18,20-21H2,1-5H3,(H,34,35,40). The second-order valence-corrected chi connectivity index (χ2v) is 13.6. The third kappa shape index (κ3) is 7.63. The Morgan fingerprint density at radius 3 is 2.20 bits per heavy atom. The SMILES string of the molecule is CCCOc1ccc(S(=O)(=O)N2CCC(CC(=O)OCC)(CC(=O)OCC)CC2)cc1-c1nc2c(CCC)cn(CC)c2c(=O)[nH]1. The molecular weight excluding hydrogens is 612 g/mol. The Balaban J connectivity index is 1.70. The Morgan fingerprint density at radius 2 is 1.63 bits per heavy atom. The number of rotatable bonds is 15. The summed E-state index contributed by atoms with van der Waals surface area (Å²) in [7, 11) is -4.01. The topological polar surface area (TPSA) is 150 Å². The van der Waals surface area contributed by atoms with Crippen molar-refractivity contribution >= 4 is 33.0 Å². The highest BCUT2D eigenvalue weighted by Crippen LogP contribution is 2.41. The highest BCUT2D eigenvalue weighted by atomic mass is 32.2. The Morgan fingerprint density at radius 1 is 0.978 bits per heavy atom. The van der Waals surface area contributed by atoms with Crippen molar-refractivity contribution in [2.75, 3.05) is 32.9 Å². The number of hydrogen-bond acceptors (Lipinski definition) is 9. The number of H-pyrrole nitrogens is 1. The van der Waals surface area contributed by atoms with E-state index in [1.807, 2.05) is 24.6 Å². The van der Waals surface area contributed by atoms with Crippen LogP contribution in [0.3, 0.4) is 0 Å². The van der Waals surface area contributed by atoms with Gasteiger partial charge in [0.25, 0.3) is 5.56 Å². The molecule has 1 saturated heterocycles. The second kappa shape index (κ2) is 15.3. The Bertz CT molecular complexity index is 1680. The Hall–Kier alpha value is -3.71. The van der Waals surface area contributed by atoms with Crippen molar-refractivity contribution in [2.24, 2.45) is 5.41 Å². The minimum absolute atomic E-state index is 0.00242. The lowest BCUT2D eigenvalue weighted by atomic mass is 9.73. The van der Waals surface area contributed by atoms with E-state index in [1.165, 1.54) is 16.4 Å². The number of aromatic nitrogens is 3. The van der Waals surface area contributed by atoms with E-state index < -0.39 is 27.4 Å². The number of hydrogen-bond donors (Lipinski definition) is 1. The predicted octanol–water partition coefficient (Wildman–Crippen LogP) is 4.83. The highest BCUT2D eigenvalue weighted by Gasteiger charge is 2.42. The fraction of sp³-hybridized carbons (Fsp3) is 0.576. The first-order valence-electron chi connectivity index (χ1n) is 16.2. The molecule has 1 fully saturated rings. The van der Waals surface area contributed by atoms with Gasteiger partial charge in [0.1, 0.15) is 17.1 Å². The van der Waals surface area contributed by atoms with Gasteiger partial charge in [0, 0.05) is 25.8 Å². The predicted molar refractivity (Wildman–Crippen MR) is 174 cm³/mol. The first kappa shape index (κ1) is 35.1. The highest BCUT2D eigenvalue weighted by molar-refractivity contribution is 7.89. The number of sulfonamides is 1. The smallest absolute Gasteiger partial charge is 0.306 e. The monoisotopic (exact) mass is 658 g/mol. The van der Waals surface area contributed by atoms with Gasteiger partial charge in [-0.05, 0) is 75.6 Å². The molecule has 12 nitrogen and oxygen atoms in total. The van der Waals surface area contributed by atoms with Gasteiger partial charge in [-0.2, -0.15) is 4.31 Å². The van der Waals surface area contributed by atoms with Crippen LogP contribution in [0, 0.1) is 5.41 Å². The van der Waals surface area contributed by atoms with Crippen LogP contribution in [0.25, 0.3) is 22.4 Å². The Labute approximate surface area is 270 Å². The molecule has 3 heterocycles. The molecule has 13 heteroatoms. The van der Waals surface area contributed by atoms with Crippen LogP contribution in [0.5, 0.6) is 5.75 Å². The average molecular weight is 659 g/mol. The zero-order chi connectivity index (χ0) is 33.5. The molecule has 252 valence electrons. The normalized spacial score (nSPS) is 15.2. The summed E-state index contributed by atoms with van der Waals surface area (Å²) in [6.07, 6.45) is 4.89. The summed E-state index contributed by atoms with van der Waals surface area (Å²) in [6, 6.07) is 4.59. The molecule has 1 aromatic carbocycles. The molecule has 1 aliphatic rings. The van der Waals surface area contributed by atoms with E-state index in [0.717, 1.165) is 24.8 Å². The lowest BCUT2D eigenvalue weighted by molar-refractivity contribution is -0.151. The molecule has 0 radical (unpaired) electrons. The number of ether oxygens (including phenoxy) is 3. The number of esters is 2. The minimum Gasteiger partial charge on any atom is -0.493 e. The van der Waals surface area contributed by atoms with Crippen LogP contribution in [0.2, 0.25) is 0 Å². The molecule has 46 heavy (non-hydrogen) atoms. The summed E-state index contributed by atoms with van der Waals surface area (Å²) < 4.78 is 47.6. The van der Waals surface area contributed by atoms with Crippen molar-refractivity contribution in [3.8, 4) is 17.1 Å². The van der Waals surface area contributed by atoms with Crippen molar-refractivity contribution in [3.05, 3.63) is 40.3 Å². The van der Waals surface area contributed by atoms with Gasteiger partial charge >= 0.3 is 11.9 Å². The summed E-state index contributed by atoms with van der Waals surface area (Å²) in [5.41, 5.74) is 1.32. The van der Waals surface area contributed by atoms with Gasteiger partial charge in [0.05, 0.1) is 48.6 Å². The van der Waals surface area contributed by atoms with Gasteiger partial charge in [-0.25, -0.2) is 13.4 Å². The van der Waals surface area contributed by atoms with E-state index in [1.54, 1.807) is 19.9 Å². The third-order valence-electron chi connectivity index (χ3n) is 8.40. The van der Waals surface area contributed by atoms with Gasteiger partial charge < -0.3 is 23.8 Å². The van der Waals surface area contributed by atoms with E-state index >= 15 is 0 Å². The number of carbonyl (C=O) groups is 2. The number of fused-ring (bicyclic) bond motifs is 1. The molecule has 0 saturated carbocycles. The zero-order valence-corrected chi connectivity index (χ0v) is 28.3. The molecular formula is C33H46N4O8S. The Kier molecular flexibility index (Phi) is 11.7. The van der Waals surface area contributed by atoms with Gasteiger partial charge in [-0.1, -0.05) is 20.3 Å². The average Bonchev–Trinajstić information content (AvgIpc) is 3.38. The van der Waals surface area contributed by atoms with E-state index in [0.29, 0.717) is 35.5 Å². The van der Waals surface area contributed by atoms with Crippen LogP contribution >= 0.6 is 0 Å². The first-order chi connectivity index (χ1) is 22.0. The molecule has 0 aliphatic carbocycles. The van der Waals surface area contributed by atoms with Crippen LogP contribution in [-0.4, -0.2) is 72.1 Å². The lowest BCUT2D eigenvalue weighted by Gasteiger charge is -2.40. The minimum atomic E-state index is -4.01.